The van der Waals surface area contributed by atoms with Gasteiger partial charge in [-0.1, -0.05) is 36.6 Å². The van der Waals surface area contributed by atoms with Crippen LogP contribution in [-0.2, 0) is 0 Å². The molecule has 4 rings (SSSR count). The molecule has 28 heavy (non-hydrogen) atoms. The van der Waals surface area contributed by atoms with Crippen LogP contribution in [0, 0.1) is 0 Å². The van der Waals surface area contributed by atoms with Gasteiger partial charge in [0.25, 0.3) is 11.8 Å². The molecule has 1 amide bonds. The molecule has 1 aromatic heterocycles. The first kappa shape index (κ1) is 18.2. The molecule has 0 atom stereocenters. The van der Waals surface area contributed by atoms with Crippen molar-refractivity contribution < 1.29 is 14.1 Å². The molecule has 1 N–H and O–H groups in total. The van der Waals surface area contributed by atoms with Crippen molar-refractivity contribution in [3.8, 4) is 28.6 Å². The Morgan fingerprint density at radius 3 is 2.57 bits per heavy atom. The van der Waals surface area contributed by atoms with E-state index < -0.39 is 0 Å². The molecule has 1 saturated carbocycles. The van der Waals surface area contributed by atoms with Crippen LogP contribution in [0.4, 0.5) is 0 Å². The molecule has 0 aliphatic heterocycles. The van der Waals surface area contributed by atoms with Gasteiger partial charge in [0.2, 0.25) is 5.82 Å². The van der Waals surface area contributed by atoms with E-state index in [1.165, 1.54) is 19.3 Å². The van der Waals surface area contributed by atoms with E-state index in [1.54, 1.807) is 13.2 Å². The van der Waals surface area contributed by atoms with Crippen LogP contribution in [0.5, 0.6) is 5.75 Å². The van der Waals surface area contributed by atoms with Crippen LogP contribution in [0.25, 0.3) is 22.8 Å². The zero-order chi connectivity index (χ0) is 19.3. The van der Waals surface area contributed by atoms with Gasteiger partial charge >= 0.3 is 0 Å². The van der Waals surface area contributed by atoms with Crippen LogP contribution in [-0.4, -0.2) is 29.2 Å². The second-order valence-corrected chi connectivity index (χ2v) is 7.01. The molecule has 0 unspecified atom stereocenters. The predicted molar refractivity (Wildman–Crippen MR) is 106 cm³/mol. The van der Waals surface area contributed by atoms with Gasteiger partial charge in [0.15, 0.2) is 0 Å². The Hall–Kier alpha value is -3.15. The summed E-state index contributed by atoms with van der Waals surface area (Å²) in [7, 11) is 1.62. The van der Waals surface area contributed by atoms with Gasteiger partial charge in [0.1, 0.15) is 5.75 Å². The van der Waals surface area contributed by atoms with Crippen molar-refractivity contribution in [1.29, 1.82) is 0 Å². The molecule has 2 aromatic carbocycles. The van der Waals surface area contributed by atoms with Gasteiger partial charge < -0.3 is 14.6 Å². The third-order valence-electron chi connectivity index (χ3n) is 5.12. The molecule has 1 aliphatic carbocycles. The Morgan fingerprint density at radius 1 is 1.07 bits per heavy atom. The van der Waals surface area contributed by atoms with E-state index in [9.17, 15) is 4.79 Å². The number of carbonyl (C=O) groups is 1. The quantitative estimate of drug-likeness (QED) is 0.710. The molecule has 1 fully saturated rings. The molecule has 144 valence electrons. The highest BCUT2D eigenvalue weighted by molar-refractivity contribution is 6.00. The molecule has 0 spiro atoms. The summed E-state index contributed by atoms with van der Waals surface area (Å²) in [6.45, 7) is 0. The van der Waals surface area contributed by atoms with Gasteiger partial charge in [0, 0.05) is 11.6 Å². The van der Waals surface area contributed by atoms with Crippen molar-refractivity contribution in [3.05, 3.63) is 54.1 Å². The fourth-order valence-electron chi connectivity index (χ4n) is 3.57. The third-order valence-corrected chi connectivity index (χ3v) is 5.12. The van der Waals surface area contributed by atoms with Crippen LogP contribution in [0.1, 0.15) is 42.5 Å². The van der Waals surface area contributed by atoms with Crippen molar-refractivity contribution in [3.63, 3.8) is 0 Å². The molecule has 6 nitrogen and oxygen atoms in total. The van der Waals surface area contributed by atoms with E-state index in [-0.39, 0.29) is 11.9 Å². The lowest BCUT2D eigenvalue weighted by Gasteiger charge is -2.23. The summed E-state index contributed by atoms with van der Waals surface area (Å²) in [6, 6.07) is 15.0. The van der Waals surface area contributed by atoms with Crippen LogP contribution >= 0.6 is 0 Å². The van der Waals surface area contributed by atoms with Gasteiger partial charge in [-0.2, -0.15) is 4.98 Å². The number of methoxy groups -OCH3 is 1. The standard InChI is InChI=1S/C22H23N3O3/c1-27-17-13-11-15(12-14-17)20-24-22(28-25-20)19-10-6-5-9-18(19)21(26)23-16-7-3-2-4-8-16/h5-6,9-14,16H,2-4,7-8H2,1H3,(H,23,26). The summed E-state index contributed by atoms with van der Waals surface area (Å²) in [5.74, 6) is 1.48. The lowest BCUT2D eigenvalue weighted by molar-refractivity contribution is 0.0928. The van der Waals surface area contributed by atoms with Crippen molar-refractivity contribution in [2.75, 3.05) is 7.11 Å². The van der Waals surface area contributed by atoms with Crippen LogP contribution in [0.15, 0.2) is 53.1 Å². The monoisotopic (exact) mass is 377 g/mol. The van der Waals surface area contributed by atoms with Gasteiger partial charge in [0.05, 0.1) is 18.2 Å². The number of rotatable bonds is 5. The maximum absolute atomic E-state index is 12.8. The van der Waals surface area contributed by atoms with Gasteiger partial charge in [-0.05, 0) is 49.2 Å². The van der Waals surface area contributed by atoms with Crippen LogP contribution in [0.3, 0.4) is 0 Å². The molecule has 0 saturated heterocycles. The second kappa shape index (κ2) is 8.25. The van der Waals surface area contributed by atoms with Gasteiger partial charge in [-0.25, -0.2) is 0 Å². The lowest BCUT2D eigenvalue weighted by atomic mass is 9.95. The summed E-state index contributed by atoms with van der Waals surface area (Å²) in [5, 5.41) is 7.23. The number of hydrogen-bond acceptors (Lipinski definition) is 5. The Kier molecular flexibility index (Phi) is 5.37. The number of carbonyl (C=O) groups excluding carboxylic acids is 1. The van der Waals surface area contributed by atoms with E-state index in [4.69, 9.17) is 9.26 Å². The molecular weight excluding hydrogens is 354 g/mol. The average molecular weight is 377 g/mol. The SMILES string of the molecule is COc1ccc(-c2noc(-c3ccccc3C(=O)NC3CCCCC3)n2)cc1. The fraction of sp³-hybridized carbons (Fsp3) is 0.318. The van der Waals surface area contributed by atoms with Crippen LogP contribution < -0.4 is 10.1 Å². The highest BCUT2D eigenvalue weighted by Gasteiger charge is 2.21. The molecule has 6 heteroatoms. The average Bonchev–Trinajstić information content (AvgIpc) is 3.25. The highest BCUT2D eigenvalue weighted by Crippen LogP contribution is 2.27. The van der Waals surface area contributed by atoms with E-state index >= 15 is 0 Å². The maximum Gasteiger partial charge on any atom is 0.259 e. The fourth-order valence-corrected chi connectivity index (χ4v) is 3.57. The Labute approximate surface area is 163 Å². The molecular formula is C22H23N3O3. The lowest BCUT2D eigenvalue weighted by Crippen LogP contribution is -2.36. The zero-order valence-electron chi connectivity index (χ0n) is 15.9. The number of hydrogen-bond donors (Lipinski definition) is 1. The van der Waals surface area contributed by atoms with Crippen LogP contribution in [0.2, 0.25) is 0 Å². The minimum absolute atomic E-state index is 0.0910. The summed E-state index contributed by atoms with van der Waals surface area (Å²) in [5.41, 5.74) is 2.01. The minimum atomic E-state index is -0.0910. The smallest absolute Gasteiger partial charge is 0.259 e. The molecule has 0 radical (unpaired) electrons. The Bertz CT molecular complexity index is 944. The number of ether oxygens (including phenoxy) is 1. The first-order valence-corrected chi connectivity index (χ1v) is 9.63. The van der Waals surface area contributed by atoms with Crippen molar-refractivity contribution in [2.24, 2.45) is 0 Å². The zero-order valence-corrected chi connectivity index (χ0v) is 15.9. The minimum Gasteiger partial charge on any atom is -0.497 e. The summed E-state index contributed by atoms with van der Waals surface area (Å²) in [6.07, 6.45) is 5.66. The topological polar surface area (TPSA) is 77.2 Å². The second-order valence-electron chi connectivity index (χ2n) is 7.01. The largest absolute Gasteiger partial charge is 0.497 e. The van der Waals surface area contributed by atoms with Crippen molar-refractivity contribution in [1.82, 2.24) is 15.5 Å². The van der Waals surface area contributed by atoms with Crippen molar-refractivity contribution in [2.45, 2.75) is 38.1 Å². The van der Waals surface area contributed by atoms with E-state index in [0.717, 1.165) is 24.2 Å². The number of aromatic nitrogens is 2. The normalized spacial score (nSPS) is 14.6. The van der Waals surface area contributed by atoms with Gasteiger partial charge in [-0.15, -0.1) is 0 Å². The number of nitrogens with zero attached hydrogens (tertiary/aromatic N) is 2. The molecule has 1 heterocycles. The molecule has 1 aliphatic rings. The Balaban J connectivity index is 1.57. The predicted octanol–water partition coefficient (Wildman–Crippen LogP) is 4.47. The summed E-state index contributed by atoms with van der Waals surface area (Å²) < 4.78 is 10.6. The van der Waals surface area contributed by atoms with Crippen molar-refractivity contribution >= 4 is 5.91 Å². The Morgan fingerprint density at radius 2 is 1.82 bits per heavy atom. The van der Waals surface area contributed by atoms with E-state index in [1.807, 2.05) is 42.5 Å². The number of benzene rings is 2. The highest BCUT2D eigenvalue weighted by atomic mass is 16.5. The third kappa shape index (κ3) is 3.91. The number of amides is 1. The summed E-state index contributed by atoms with van der Waals surface area (Å²) >= 11 is 0. The molecule has 0 bridgehead atoms. The number of nitrogens with one attached hydrogen (secondary N) is 1. The molecule has 3 aromatic rings. The van der Waals surface area contributed by atoms with E-state index in [0.29, 0.717) is 22.8 Å². The summed E-state index contributed by atoms with van der Waals surface area (Å²) in [4.78, 5) is 17.3. The first-order valence-electron chi connectivity index (χ1n) is 9.63. The van der Waals surface area contributed by atoms with Gasteiger partial charge in [-0.3, -0.25) is 4.79 Å². The van der Waals surface area contributed by atoms with E-state index in [2.05, 4.69) is 15.5 Å². The maximum atomic E-state index is 12.8. The first-order chi connectivity index (χ1) is 13.7.